The minimum Gasteiger partial charge on any atom is -0.362 e. The number of hydrazone groups is 1. The van der Waals surface area contributed by atoms with Crippen molar-refractivity contribution in [1.82, 2.24) is 5.01 Å². The van der Waals surface area contributed by atoms with Crippen LogP contribution in [0.4, 0.5) is 13.2 Å². The summed E-state index contributed by atoms with van der Waals surface area (Å²) in [7, 11) is 0. The number of nitrogens with zero attached hydrogens (tertiary/aromatic N) is 2. The van der Waals surface area contributed by atoms with Crippen molar-refractivity contribution in [2.45, 2.75) is 44.5 Å². The van der Waals surface area contributed by atoms with Crippen molar-refractivity contribution < 1.29 is 23.1 Å². The summed E-state index contributed by atoms with van der Waals surface area (Å²) in [5.74, 6) is -2.28. The van der Waals surface area contributed by atoms with E-state index in [1.165, 1.54) is 12.1 Å². The second kappa shape index (κ2) is 5.74. The van der Waals surface area contributed by atoms with Crippen molar-refractivity contribution in [3.63, 3.8) is 0 Å². The molecule has 1 N–H and O–H groups in total. The highest BCUT2D eigenvalue weighted by atomic mass is 35.5. The minimum absolute atomic E-state index is 0.0274. The Balaban J connectivity index is 2.07. The van der Waals surface area contributed by atoms with Gasteiger partial charge in [-0.1, -0.05) is 24.1 Å². The number of benzene rings is 1. The Kier molecular flexibility index (Phi) is 4.12. The van der Waals surface area contributed by atoms with Crippen LogP contribution >= 0.6 is 11.6 Å². The van der Waals surface area contributed by atoms with Gasteiger partial charge in [-0.3, -0.25) is 4.79 Å². The van der Waals surface area contributed by atoms with E-state index in [1.54, 1.807) is 13.0 Å². The molecule has 8 heteroatoms. The molecule has 0 radical (unpaired) electrons. The Labute approximate surface area is 141 Å². The maximum atomic E-state index is 13.7. The molecule has 1 aromatic carbocycles. The van der Waals surface area contributed by atoms with Gasteiger partial charge < -0.3 is 5.11 Å². The molecule has 0 aromatic heterocycles. The first-order valence-corrected chi connectivity index (χ1v) is 8.01. The van der Waals surface area contributed by atoms with Crippen LogP contribution in [0.2, 0.25) is 5.02 Å². The van der Waals surface area contributed by atoms with E-state index in [9.17, 15) is 23.1 Å². The number of hydrogen-bond acceptors (Lipinski definition) is 3. The summed E-state index contributed by atoms with van der Waals surface area (Å²) in [5, 5.41) is 14.5. The van der Waals surface area contributed by atoms with Crippen LogP contribution in [0.5, 0.6) is 0 Å². The lowest BCUT2D eigenvalue weighted by atomic mass is 9.80. The topological polar surface area (TPSA) is 52.9 Å². The highest BCUT2D eigenvalue weighted by molar-refractivity contribution is 6.34. The van der Waals surface area contributed by atoms with Gasteiger partial charge in [-0.05, 0) is 43.9 Å². The quantitative estimate of drug-likeness (QED) is 0.825. The maximum Gasteiger partial charge on any atom is 0.439 e. The number of carbonyl (C=O) groups is 1. The highest BCUT2D eigenvalue weighted by Crippen LogP contribution is 2.48. The van der Waals surface area contributed by atoms with Crippen molar-refractivity contribution in [2.75, 3.05) is 0 Å². The molecular weight excluding hydrogens is 345 g/mol. The summed E-state index contributed by atoms with van der Waals surface area (Å²) in [5.41, 5.74) is -2.46. The summed E-state index contributed by atoms with van der Waals surface area (Å²) in [6.45, 7) is 1.75. The zero-order chi connectivity index (χ0) is 17.7. The van der Waals surface area contributed by atoms with E-state index in [4.69, 9.17) is 11.6 Å². The monoisotopic (exact) mass is 360 g/mol. The van der Waals surface area contributed by atoms with E-state index in [-0.39, 0.29) is 27.7 Å². The zero-order valence-electron chi connectivity index (χ0n) is 12.9. The Morgan fingerprint density at radius 3 is 2.75 bits per heavy atom. The molecule has 0 saturated heterocycles. The number of halogens is 4. The molecule has 24 heavy (non-hydrogen) atoms. The number of carbonyl (C=O) groups excluding carboxylic acids is 1. The summed E-state index contributed by atoms with van der Waals surface area (Å²) < 4.78 is 41.0. The number of aryl methyl sites for hydroxylation is 1. The third-order valence-electron chi connectivity index (χ3n) is 4.58. The molecule has 2 atom stereocenters. The van der Waals surface area contributed by atoms with Gasteiger partial charge in [0.2, 0.25) is 0 Å². The van der Waals surface area contributed by atoms with Crippen LogP contribution in [0.1, 0.15) is 41.6 Å². The highest BCUT2D eigenvalue weighted by Gasteiger charge is 2.68. The molecule has 1 aliphatic carbocycles. The van der Waals surface area contributed by atoms with E-state index < -0.39 is 23.7 Å². The molecule has 3 rings (SSSR count). The average molecular weight is 361 g/mol. The summed E-state index contributed by atoms with van der Waals surface area (Å²) in [6, 6.07) is 4.40. The number of hydrogen-bond donors (Lipinski definition) is 1. The van der Waals surface area contributed by atoms with Crippen LogP contribution < -0.4 is 0 Å². The summed E-state index contributed by atoms with van der Waals surface area (Å²) in [6.07, 6.45) is -3.30. The van der Waals surface area contributed by atoms with E-state index in [2.05, 4.69) is 5.10 Å². The van der Waals surface area contributed by atoms with Crippen molar-refractivity contribution in [2.24, 2.45) is 11.0 Å². The van der Waals surface area contributed by atoms with Gasteiger partial charge in [0.15, 0.2) is 0 Å². The largest absolute Gasteiger partial charge is 0.439 e. The first kappa shape index (κ1) is 17.2. The van der Waals surface area contributed by atoms with Crippen LogP contribution in [0.25, 0.3) is 0 Å². The first-order valence-electron chi connectivity index (χ1n) is 7.63. The molecule has 1 aliphatic heterocycles. The number of alkyl halides is 3. The van der Waals surface area contributed by atoms with Crippen molar-refractivity contribution >= 4 is 23.2 Å². The van der Waals surface area contributed by atoms with Gasteiger partial charge in [0.1, 0.15) is 0 Å². The average Bonchev–Trinajstić information content (AvgIpc) is 2.81. The normalized spacial score (nSPS) is 27.0. The molecule has 0 spiro atoms. The van der Waals surface area contributed by atoms with Gasteiger partial charge in [0, 0.05) is 5.71 Å². The SMILES string of the molecule is Cc1ccc(C(=O)N2N=C3CCCC[C@@H]3[C@]2(O)C(F)(F)F)c(Cl)c1. The van der Waals surface area contributed by atoms with Gasteiger partial charge >= 0.3 is 6.18 Å². The van der Waals surface area contributed by atoms with E-state index in [0.29, 0.717) is 19.3 Å². The van der Waals surface area contributed by atoms with Crippen molar-refractivity contribution in [3.8, 4) is 0 Å². The number of aliphatic hydroxyl groups is 1. The standard InChI is InChI=1S/C16H16ClF3N2O2/c1-9-6-7-10(12(17)8-9)14(23)22-15(24,16(18,19)20)11-4-2-3-5-13(11)21-22/h6-8,11,24H,2-5H2,1H3/t11-,15-/m0/s1. The lowest BCUT2D eigenvalue weighted by molar-refractivity contribution is -0.312. The predicted molar refractivity (Wildman–Crippen MR) is 82.8 cm³/mol. The third kappa shape index (κ3) is 2.50. The summed E-state index contributed by atoms with van der Waals surface area (Å²) in [4.78, 5) is 12.7. The van der Waals surface area contributed by atoms with E-state index in [1.807, 2.05) is 0 Å². The van der Waals surface area contributed by atoms with Gasteiger partial charge in [-0.2, -0.15) is 23.3 Å². The van der Waals surface area contributed by atoms with Gasteiger partial charge in [-0.25, -0.2) is 0 Å². The van der Waals surface area contributed by atoms with Crippen LogP contribution in [0.15, 0.2) is 23.3 Å². The molecular formula is C16H16ClF3N2O2. The number of fused-ring (bicyclic) bond motifs is 1. The fourth-order valence-electron chi connectivity index (χ4n) is 3.33. The van der Waals surface area contributed by atoms with Crippen LogP contribution in [-0.4, -0.2) is 33.6 Å². The maximum absolute atomic E-state index is 13.7. The molecule has 0 bridgehead atoms. The first-order chi connectivity index (χ1) is 11.2. The number of rotatable bonds is 1. The van der Waals surface area contributed by atoms with Crippen molar-refractivity contribution in [3.05, 3.63) is 34.3 Å². The Morgan fingerprint density at radius 2 is 2.12 bits per heavy atom. The van der Waals surface area contributed by atoms with Crippen molar-refractivity contribution in [1.29, 1.82) is 0 Å². The molecule has 4 nitrogen and oxygen atoms in total. The Hall–Kier alpha value is -1.60. The van der Waals surface area contributed by atoms with Crippen LogP contribution in [0.3, 0.4) is 0 Å². The zero-order valence-corrected chi connectivity index (χ0v) is 13.7. The molecule has 1 amide bonds. The van der Waals surface area contributed by atoms with Gasteiger partial charge in [-0.15, -0.1) is 0 Å². The van der Waals surface area contributed by atoms with Gasteiger partial charge in [0.05, 0.1) is 16.5 Å². The summed E-state index contributed by atoms with van der Waals surface area (Å²) >= 11 is 6.00. The lowest BCUT2D eigenvalue weighted by Gasteiger charge is -2.38. The fourth-order valence-corrected chi connectivity index (χ4v) is 3.64. The minimum atomic E-state index is -5.02. The smallest absolute Gasteiger partial charge is 0.362 e. The molecule has 2 aliphatic rings. The molecule has 1 fully saturated rings. The van der Waals surface area contributed by atoms with E-state index in [0.717, 1.165) is 5.56 Å². The molecule has 1 aromatic rings. The van der Waals surface area contributed by atoms with E-state index >= 15 is 0 Å². The Bertz CT molecular complexity index is 720. The number of amides is 1. The lowest BCUT2D eigenvalue weighted by Crippen LogP contribution is -2.61. The fraction of sp³-hybridized carbons (Fsp3) is 0.500. The van der Waals surface area contributed by atoms with Gasteiger partial charge in [0.25, 0.3) is 11.6 Å². The molecule has 1 saturated carbocycles. The molecule has 1 heterocycles. The molecule has 0 unspecified atom stereocenters. The second-order valence-corrected chi connectivity index (χ2v) is 6.62. The van der Waals surface area contributed by atoms with Crippen LogP contribution in [-0.2, 0) is 0 Å². The predicted octanol–water partition coefficient (Wildman–Crippen LogP) is 3.90. The Morgan fingerprint density at radius 1 is 1.42 bits per heavy atom. The third-order valence-corrected chi connectivity index (χ3v) is 4.89. The second-order valence-electron chi connectivity index (χ2n) is 6.21. The molecule has 130 valence electrons. The van der Waals surface area contributed by atoms with Crippen LogP contribution in [0, 0.1) is 12.8 Å².